The lowest BCUT2D eigenvalue weighted by Gasteiger charge is -2.04. The summed E-state index contributed by atoms with van der Waals surface area (Å²) in [6.45, 7) is 8.66. The van der Waals surface area contributed by atoms with Crippen LogP contribution in [-0.4, -0.2) is 0 Å². The van der Waals surface area contributed by atoms with Crippen molar-refractivity contribution >= 4 is 0 Å². The van der Waals surface area contributed by atoms with Crippen LogP contribution in [0.2, 0.25) is 0 Å². The van der Waals surface area contributed by atoms with E-state index in [-0.39, 0.29) is 0 Å². The van der Waals surface area contributed by atoms with Gasteiger partial charge < -0.3 is 0 Å². The maximum atomic E-state index is 8.96. The van der Waals surface area contributed by atoms with E-state index in [1.54, 1.807) is 0 Å². The van der Waals surface area contributed by atoms with E-state index in [1.165, 1.54) is 12.0 Å². The van der Waals surface area contributed by atoms with Crippen molar-refractivity contribution in [3.05, 3.63) is 11.1 Å². The number of rotatable bonds is 2. The Hall–Kier alpha value is -0.770. The van der Waals surface area contributed by atoms with Gasteiger partial charge in [0.2, 0.25) is 0 Å². The molecule has 0 heterocycles. The molecule has 12 heavy (non-hydrogen) atoms. The number of hydrogen-bond donors (Lipinski definition) is 0. The molecule has 0 aromatic rings. The lowest BCUT2D eigenvalue weighted by atomic mass is 9.99. The summed E-state index contributed by atoms with van der Waals surface area (Å²) in [4.78, 5) is 0. The molecule has 0 N–H and O–H groups in total. The van der Waals surface area contributed by atoms with E-state index in [0.717, 1.165) is 12.0 Å². The Morgan fingerprint density at radius 2 is 2.08 bits per heavy atom. The first-order valence-corrected chi connectivity index (χ1v) is 4.62. The zero-order valence-corrected chi connectivity index (χ0v) is 8.44. The summed E-state index contributed by atoms with van der Waals surface area (Å²) in [6, 6.07) is 2.35. The van der Waals surface area contributed by atoms with Crippen molar-refractivity contribution in [3.8, 4) is 6.07 Å². The fourth-order valence-electron chi connectivity index (χ4n) is 1.62. The molecule has 1 nitrogen and oxygen atoms in total. The van der Waals surface area contributed by atoms with E-state index < -0.39 is 0 Å². The van der Waals surface area contributed by atoms with Crippen LogP contribution in [0.3, 0.4) is 0 Å². The Kier molecular flexibility index (Phi) is 2.28. The predicted octanol–water partition coefficient (Wildman–Crippen LogP) is 3.28. The molecule has 0 radical (unpaired) electrons. The van der Waals surface area contributed by atoms with Gasteiger partial charge in [0.1, 0.15) is 0 Å². The van der Waals surface area contributed by atoms with Crippen LogP contribution in [-0.2, 0) is 0 Å². The zero-order valence-electron chi connectivity index (χ0n) is 8.44. The second-order valence-electron chi connectivity index (χ2n) is 4.40. The van der Waals surface area contributed by atoms with E-state index in [2.05, 4.69) is 33.8 Å². The van der Waals surface area contributed by atoms with E-state index in [0.29, 0.717) is 11.3 Å². The molecule has 66 valence electrons. The molecule has 1 fully saturated rings. The fourth-order valence-corrected chi connectivity index (χ4v) is 1.62. The monoisotopic (exact) mass is 163 g/mol. The highest BCUT2D eigenvalue weighted by molar-refractivity contribution is 5.35. The van der Waals surface area contributed by atoms with Gasteiger partial charge in [-0.15, -0.1) is 0 Å². The molecule has 0 aromatic carbocycles. The third kappa shape index (κ3) is 1.53. The Bertz CT molecular complexity index is 253. The summed E-state index contributed by atoms with van der Waals surface area (Å²) in [5.41, 5.74) is 2.71. The molecule has 0 amide bonds. The van der Waals surface area contributed by atoms with Crippen molar-refractivity contribution in [2.75, 3.05) is 0 Å². The highest BCUT2D eigenvalue weighted by atomic mass is 14.5. The molecule has 0 aromatic heterocycles. The van der Waals surface area contributed by atoms with Gasteiger partial charge in [-0.05, 0) is 31.1 Å². The first-order chi connectivity index (χ1) is 5.53. The SMILES string of the molecule is CCC(C)=C(C#N)C1CC1(C)C. The smallest absolute Gasteiger partial charge is 0.0949 e. The zero-order chi connectivity index (χ0) is 9.35. The molecular formula is C11H17N. The van der Waals surface area contributed by atoms with Crippen LogP contribution in [0.4, 0.5) is 0 Å². The largest absolute Gasteiger partial charge is 0.193 e. The van der Waals surface area contributed by atoms with Crippen molar-refractivity contribution in [1.82, 2.24) is 0 Å². The van der Waals surface area contributed by atoms with Crippen molar-refractivity contribution in [3.63, 3.8) is 0 Å². The van der Waals surface area contributed by atoms with E-state index in [1.807, 2.05) is 0 Å². The Balaban J connectivity index is 2.81. The van der Waals surface area contributed by atoms with Crippen molar-refractivity contribution in [1.29, 1.82) is 5.26 Å². The normalized spacial score (nSPS) is 27.4. The van der Waals surface area contributed by atoms with Crippen LogP contribution in [0.5, 0.6) is 0 Å². The van der Waals surface area contributed by atoms with Crippen molar-refractivity contribution in [2.45, 2.75) is 40.5 Å². The molecule has 0 spiro atoms. The summed E-state index contributed by atoms with van der Waals surface area (Å²) in [5.74, 6) is 0.544. The van der Waals surface area contributed by atoms with Gasteiger partial charge in [-0.3, -0.25) is 0 Å². The van der Waals surface area contributed by atoms with Gasteiger partial charge in [-0.1, -0.05) is 26.3 Å². The van der Waals surface area contributed by atoms with E-state index >= 15 is 0 Å². The molecule has 1 atom stereocenters. The van der Waals surface area contributed by atoms with Crippen LogP contribution in [0, 0.1) is 22.7 Å². The molecule has 1 unspecified atom stereocenters. The van der Waals surface area contributed by atoms with Gasteiger partial charge >= 0.3 is 0 Å². The Labute approximate surface area is 75.1 Å². The van der Waals surface area contributed by atoms with Gasteiger partial charge in [0.15, 0.2) is 0 Å². The lowest BCUT2D eigenvalue weighted by molar-refractivity contribution is 0.600. The number of hydrogen-bond acceptors (Lipinski definition) is 1. The quantitative estimate of drug-likeness (QED) is 0.573. The first kappa shape index (κ1) is 9.32. The predicted molar refractivity (Wildman–Crippen MR) is 50.5 cm³/mol. The molecule has 1 rings (SSSR count). The Morgan fingerprint density at radius 3 is 2.33 bits per heavy atom. The van der Waals surface area contributed by atoms with Gasteiger partial charge in [0.05, 0.1) is 6.07 Å². The highest BCUT2D eigenvalue weighted by Crippen LogP contribution is 2.56. The maximum Gasteiger partial charge on any atom is 0.0949 e. The molecular weight excluding hydrogens is 146 g/mol. The highest BCUT2D eigenvalue weighted by Gasteiger charge is 2.48. The molecule has 1 saturated carbocycles. The average Bonchev–Trinajstić information content (AvgIpc) is 2.61. The van der Waals surface area contributed by atoms with Crippen LogP contribution in [0.25, 0.3) is 0 Å². The van der Waals surface area contributed by atoms with Gasteiger partial charge in [-0.2, -0.15) is 5.26 Å². The minimum Gasteiger partial charge on any atom is -0.193 e. The third-order valence-corrected chi connectivity index (χ3v) is 2.97. The summed E-state index contributed by atoms with van der Waals surface area (Å²) < 4.78 is 0. The van der Waals surface area contributed by atoms with Gasteiger partial charge in [0, 0.05) is 5.57 Å². The molecule has 0 bridgehead atoms. The lowest BCUT2D eigenvalue weighted by Crippen LogP contribution is -1.95. The maximum absolute atomic E-state index is 8.96. The Morgan fingerprint density at radius 1 is 1.58 bits per heavy atom. The summed E-state index contributed by atoms with van der Waals surface area (Å²) >= 11 is 0. The van der Waals surface area contributed by atoms with Crippen molar-refractivity contribution in [2.24, 2.45) is 11.3 Å². The first-order valence-electron chi connectivity index (χ1n) is 4.62. The molecule has 0 aliphatic heterocycles. The van der Waals surface area contributed by atoms with Gasteiger partial charge in [-0.25, -0.2) is 0 Å². The third-order valence-electron chi connectivity index (χ3n) is 2.97. The summed E-state index contributed by atoms with van der Waals surface area (Å²) in [5, 5.41) is 8.96. The summed E-state index contributed by atoms with van der Waals surface area (Å²) in [7, 11) is 0. The van der Waals surface area contributed by atoms with E-state index in [4.69, 9.17) is 5.26 Å². The molecule has 1 aliphatic rings. The number of nitrogens with zero attached hydrogens (tertiary/aromatic N) is 1. The number of nitriles is 1. The second kappa shape index (κ2) is 2.94. The number of allylic oxidation sites excluding steroid dienone is 2. The fraction of sp³-hybridized carbons (Fsp3) is 0.727. The summed E-state index contributed by atoms with van der Waals surface area (Å²) in [6.07, 6.45) is 2.20. The van der Waals surface area contributed by atoms with Crippen LogP contribution in [0.15, 0.2) is 11.1 Å². The molecule has 1 heteroatoms. The van der Waals surface area contributed by atoms with Crippen LogP contribution < -0.4 is 0 Å². The minimum absolute atomic E-state index is 0.390. The van der Waals surface area contributed by atoms with Crippen LogP contribution >= 0.6 is 0 Å². The van der Waals surface area contributed by atoms with Crippen LogP contribution in [0.1, 0.15) is 40.5 Å². The van der Waals surface area contributed by atoms with E-state index in [9.17, 15) is 0 Å². The topological polar surface area (TPSA) is 23.8 Å². The minimum atomic E-state index is 0.390. The second-order valence-corrected chi connectivity index (χ2v) is 4.40. The average molecular weight is 163 g/mol. The van der Waals surface area contributed by atoms with Gasteiger partial charge in [0.25, 0.3) is 0 Å². The van der Waals surface area contributed by atoms with Crippen molar-refractivity contribution < 1.29 is 0 Å². The molecule has 1 aliphatic carbocycles. The molecule has 0 saturated heterocycles. The standard InChI is InChI=1S/C11H17N/c1-5-8(2)9(7-12)10-6-11(10,3)4/h10H,5-6H2,1-4H3.